The number of rotatable bonds is 4. The minimum absolute atomic E-state index is 0.0496. The van der Waals surface area contributed by atoms with Gasteiger partial charge >= 0.3 is 0 Å². The molecule has 2 atom stereocenters. The lowest BCUT2D eigenvalue weighted by Crippen LogP contribution is -2.48. The fourth-order valence-electron chi connectivity index (χ4n) is 3.86. The smallest absolute Gasteiger partial charge is 0.258 e. The van der Waals surface area contributed by atoms with Crippen molar-refractivity contribution in [3.63, 3.8) is 0 Å². The summed E-state index contributed by atoms with van der Waals surface area (Å²) in [6.45, 7) is 7.75. The van der Waals surface area contributed by atoms with Crippen LogP contribution in [0.5, 0.6) is 0 Å². The van der Waals surface area contributed by atoms with Crippen LogP contribution in [0.2, 0.25) is 0 Å². The van der Waals surface area contributed by atoms with Gasteiger partial charge in [0.05, 0.1) is 39.6 Å². The number of aryl methyl sites for hydroxylation is 2. The zero-order valence-electron chi connectivity index (χ0n) is 18.8. The van der Waals surface area contributed by atoms with Crippen molar-refractivity contribution in [3.05, 3.63) is 59.2 Å². The molecule has 0 saturated carbocycles. The first-order valence-electron chi connectivity index (χ1n) is 10.6. The molecule has 0 spiro atoms. The number of hydrogen-bond donors (Lipinski definition) is 1. The van der Waals surface area contributed by atoms with E-state index in [2.05, 4.69) is 15.3 Å². The molecule has 3 aromatic rings. The molecule has 1 aliphatic rings. The molecule has 1 aliphatic heterocycles. The topological polar surface area (TPSA) is 101 Å². The highest BCUT2D eigenvalue weighted by atomic mass is 32.2. The van der Waals surface area contributed by atoms with E-state index in [1.54, 1.807) is 13.8 Å². The zero-order chi connectivity index (χ0) is 23.9. The molecule has 4 rings (SSSR count). The quantitative estimate of drug-likeness (QED) is 0.624. The molecule has 1 saturated heterocycles. The van der Waals surface area contributed by atoms with Crippen LogP contribution >= 0.6 is 0 Å². The summed E-state index contributed by atoms with van der Waals surface area (Å²) in [6.07, 6.45) is -0.391. The van der Waals surface area contributed by atoms with Gasteiger partial charge in [0.1, 0.15) is 11.3 Å². The number of nitrogens with zero attached hydrogens (tertiary/aromatic N) is 3. The van der Waals surface area contributed by atoms with Gasteiger partial charge in [-0.3, -0.25) is 4.79 Å². The van der Waals surface area contributed by atoms with E-state index in [1.807, 2.05) is 13.8 Å². The molecule has 10 heteroatoms. The van der Waals surface area contributed by atoms with Crippen LogP contribution in [-0.2, 0) is 14.8 Å². The molecule has 1 amide bonds. The van der Waals surface area contributed by atoms with E-state index < -0.39 is 21.7 Å². The largest absolute Gasteiger partial charge is 0.373 e. The van der Waals surface area contributed by atoms with Gasteiger partial charge in [-0.05, 0) is 58.0 Å². The lowest BCUT2D eigenvalue weighted by Gasteiger charge is -2.34. The van der Waals surface area contributed by atoms with Crippen molar-refractivity contribution in [2.24, 2.45) is 0 Å². The molecule has 0 bridgehead atoms. The lowest BCUT2D eigenvalue weighted by atomic mass is 10.1. The monoisotopic (exact) mass is 472 g/mol. The summed E-state index contributed by atoms with van der Waals surface area (Å²) in [5.41, 5.74) is 2.31. The van der Waals surface area contributed by atoms with Gasteiger partial charge in [0.25, 0.3) is 5.91 Å². The fraction of sp³-hybridized carbons (Fsp3) is 0.348. The van der Waals surface area contributed by atoms with E-state index in [-0.39, 0.29) is 35.8 Å². The number of hydrogen-bond acceptors (Lipinski definition) is 6. The average Bonchev–Trinajstić information content (AvgIpc) is 2.74. The Labute approximate surface area is 191 Å². The molecule has 33 heavy (non-hydrogen) atoms. The van der Waals surface area contributed by atoms with Crippen LogP contribution in [0, 0.1) is 19.7 Å². The summed E-state index contributed by atoms with van der Waals surface area (Å²) < 4.78 is 47.1. The Morgan fingerprint density at radius 1 is 1.06 bits per heavy atom. The number of morpholine rings is 1. The predicted octanol–water partition coefficient (Wildman–Crippen LogP) is 3.44. The third-order valence-electron chi connectivity index (χ3n) is 5.53. The number of aromatic nitrogens is 2. The van der Waals surface area contributed by atoms with Gasteiger partial charge in [0.2, 0.25) is 10.0 Å². The molecule has 2 unspecified atom stereocenters. The number of ether oxygens (including phenoxy) is 1. The van der Waals surface area contributed by atoms with Crippen molar-refractivity contribution >= 4 is 32.7 Å². The Hall–Kier alpha value is -2.95. The molecule has 1 aromatic heterocycles. The van der Waals surface area contributed by atoms with Crippen molar-refractivity contribution in [2.45, 2.75) is 44.8 Å². The molecule has 0 aliphatic carbocycles. The Morgan fingerprint density at radius 2 is 1.67 bits per heavy atom. The van der Waals surface area contributed by atoms with Crippen molar-refractivity contribution in [2.75, 3.05) is 18.4 Å². The van der Waals surface area contributed by atoms with Crippen LogP contribution in [-0.4, -0.2) is 53.9 Å². The van der Waals surface area contributed by atoms with Gasteiger partial charge in [-0.15, -0.1) is 0 Å². The molecule has 1 N–H and O–H groups in total. The van der Waals surface area contributed by atoms with Crippen molar-refractivity contribution in [1.82, 2.24) is 14.3 Å². The standard InChI is InChI=1S/C23H25FN4O4S/c1-13-11-28(12-14(2)32-13)33(30,31)19-7-5-18(6-8-19)27-23(29)20-9-17(24)10-21-22(20)26-16(4)15(3)25-21/h5-10,13-14H,11-12H2,1-4H3,(H,27,29). The highest BCUT2D eigenvalue weighted by molar-refractivity contribution is 7.89. The molecule has 8 nitrogen and oxygen atoms in total. The molecule has 0 radical (unpaired) electrons. The van der Waals surface area contributed by atoms with Gasteiger partial charge in [-0.1, -0.05) is 0 Å². The maximum Gasteiger partial charge on any atom is 0.258 e. The number of amides is 1. The van der Waals surface area contributed by atoms with Crippen LogP contribution in [0.15, 0.2) is 41.3 Å². The number of anilines is 1. The van der Waals surface area contributed by atoms with Gasteiger partial charge in [-0.25, -0.2) is 22.8 Å². The van der Waals surface area contributed by atoms with E-state index in [0.717, 1.165) is 6.07 Å². The zero-order valence-corrected chi connectivity index (χ0v) is 19.6. The summed E-state index contributed by atoms with van der Waals surface area (Å²) in [5, 5.41) is 2.68. The lowest BCUT2D eigenvalue weighted by molar-refractivity contribution is -0.0440. The number of sulfonamides is 1. The summed E-state index contributed by atoms with van der Waals surface area (Å²) >= 11 is 0. The number of fused-ring (bicyclic) bond motifs is 1. The number of halogens is 1. The summed E-state index contributed by atoms with van der Waals surface area (Å²) in [5.74, 6) is -1.16. The van der Waals surface area contributed by atoms with Gasteiger partial charge in [-0.2, -0.15) is 4.31 Å². The number of carbonyl (C=O) groups is 1. The third-order valence-corrected chi connectivity index (χ3v) is 7.37. The number of nitrogens with one attached hydrogen (secondary N) is 1. The molecule has 2 heterocycles. The maximum absolute atomic E-state index is 14.1. The second kappa shape index (κ2) is 8.77. The fourth-order valence-corrected chi connectivity index (χ4v) is 5.45. The normalized spacial score (nSPS) is 19.5. The van der Waals surface area contributed by atoms with Crippen LogP contribution in [0.3, 0.4) is 0 Å². The Kier molecular flexibility index (Phi) is 6.17. The van der Waals surface area contributed by atoms with E-state index in [1.165, 1.54) is 34.6 Å². The number of benzene rings is 2. The molecular weight excluding hydrogens is 447 g/mol. The second-order valence-electron chi connectivity index (χ2n) is 8.27. The maximum atomic E-state index is 14.1. The van der Waals surface area contributed by atoms with Crippen molar-refractivity contribution in [1.29, 1.82) is 0 Å². The predicted molar refractivity (Wildman–Crippen MR) is 122 cm³/mol. The molecular formula is C23H25FN4O4S. The molecule has 1 fully saturated rings. The van der Waals surface area contributed by atoms with E-state index >= 15 is 0 Å². The molecule has 2 aromatic carbocycles. The minimum atomic E-state index is -3.70. The Morgan fingerprint density at radius 3 is 2.30 bits per heavy atom. The highest BCUT2D eigenvalue weighted by Crippen LogP contribution is 2.24. The van der Waals surface area contributed by atoms with Crippen LogP contribution < -0.4 is 5.32 Å². The first kappa shape index (κ1) is 23.2. The Bertz CT molecular complexity index is 1320. The first-order valence-corrected chi connectivity index (χ1v) is 12.0. The highest BCUT2D eigenvalue weighted by Gasteiger charge is 2.32. The summed E-state index contributed by atoms with van der Waals surface area (Å²) in [6, 6.07) is 8.22. The van der Waals surface area contributed by atoms with E-state index in [4.69, 9.17) is 4.74 Å². The third kappa shape index (κ3) is 4.73. The second-order valence-corrected chi connectivity index (χ2v) is 10.2. The van der Waals surface area contributed by atoms with Gasteiger partial charge < -0.3 is 10.1 Å². The van der Waals surface area contributed by atoms with Crippen LogP contribution in [0.4, 0.5) is 10.1 Å². The number of carbonyl (C=O) groups excluding carboxylic acids is 1. The van der Waals surface area contributed by atoms with Crippen LogP contribution in [0.1, 0.15) is 35.6 Å². The van der Waals surface area contributed by atoms with Crippen molar-refractivity contribution in [3.8, 4) is 0 Å². The average molecular weight is 473 g/mol. The Balaban J connectivity index is 1.58. The van der Waals surface area contributed by atoms with Gasteiger partial charge in [0, 0.05) is 24.8 Å². The summed E-state index contributed by atoms with van der Waals surface area (Å²) in [4.78, 5) is 21.7. The van der Waals surface area contributed by atoms with Crippen molar-refractivity contribution < 1.29 is 22.3 Å². The minimum Gasteiger partial charge on any atom is -0.373 e. The van der Waals surface area contributed by atoms with Crippen LogP contribution in [0.25, 0.3) is 11.0 Å². The van der Waals surface area contributed by atoms with E-state index in [9.17, 15) is 17.6 Å². The van der Waals surface area contributed by atoms with Gasteiger partial charge in [0.15, 0.2) is 0 Å². The summed E-state index contributed by atoms with van der Waals surface area (Å²) in [7, 11) is -3.70. The van der Waals surface area contributed by atoms with E-state index in [0.29, 0.717) is 28.1 Å². The SMILES string of the molecule is Cc1nc2cc(F)cc(C(=O)Nc3ccc(S(=O)(=O)N4CC(C)OC(C)C4)cc3)c2nc1C. The molecule has 174 valence electrons. The first-order chi connectivity index (χ1) is 15.5.